The van der Waals surface area contributed by atoms with Crippen LogP contribution in [0, 0.1) is 12.8 Å². The second-order valence-electron chi connectivity index (χ2n) is 5.06. The van der Waals surface area contributed by atoms with E-state index in [0.29, 0.717) is 10.8 Å². The van der Waals surface area contributed by atoms with Crippen molar-refractivity contribution in [1.82, 2.24) is 9.97 Å². The van der Waals surface area contributed by atoms with Crippen molar-refractivity contribution in [3.05, 3.63) is 16.8 Å². The summed E-state index contributed by atoms with van der Waals surface area (Å²) in [5.41, 5.74) is 0.879. The Hall–Kier alpha value is -1.69. The highest BCUT2D eigenvalue weighted by atomic mass is 32.1. The number of hydrogen-bond donors (Lipinski definition) is 1. The van der Waals surface area contributed by atoms with E-state index in [1.54, 1.807) is 0 Å². The van der Waals surface area contributed by atoms with E-state index in [0.717, 1.165) is 34.6 Å². The SMILES string of the molecule is COC(=O)c1sc2ncnc(NCCC(C)C)c2c1C. The highest BCUT2D eigenvalue weighted by molar-refractivity contribution is 7.20. The van der Waals surface area contributed by atoms with Crippen LogP contribution in [0.4, 0.5) is 5.82 Å². The molecule has 2 rings (SSSR count). The molecule has 0 spiro atoms. The molecule has 2 heterocycles. The Morgan fingerprint density at radius 1 is 1.45 bits per heavy atom. The fraction of sp³-hybridized carbons (Fsp3) is 0.500. The van der Waals surface area contributed by atoms with Crippen LogP contribution in [0.1, 0.15) is 35.5 Å². The number of aryl methyl sites for hydroxylation is 1. The number of fused-ring (bicyclic) bond motifs is 1. The number of carbonyl (C=O) groups is 1. The average molecular weight is 293 g/mol. The number of ether oxygens (including phenoxy) is 1. The van der Waals surface area contributed by atoms with Crippen LogP contribution in [0.2, 0.25) is 0 Å². The van der Waals surface area contributed by atoms with Gasteiger partial charge in [-0.25, -0.2) is 14.8 Å². The van der Waals surface area contributed by atoms with Crippen LogP contribution in [-0.4, -0.2) is 29.6 Å². The van der Waals surface area contributed by atoms with Crippen LogP contribution in [0.5, 0.6) is 0 Å². The maximum atomic E-state index is 11.7. The zero-order valence-corrected chi connectivity index (χ0v) is 13.0. The topological polar surface area (TPSA) is 64.1 Å². The monoisotopic (exact) mass is 293 g/mol. The van der Waals surface area contributed by atoms with Crippen LogP contribution in [0.15, 0.2) is 6.33 Å². The van der Waals surface area contributed by atoms with Gasteiger partial charge in [0.1, 0.15) is 21.9 Å². The summed E-state index contributed by atoms with van der Waals surface area (Å²) >= 11 is 1.34. The molecule has 0 unspecified atom stereocenters. The molecule has 0 radical (unpaired) electrons. The standard InChI is InChI=1S/C14H19N3O2S/c1-8(2)5-6-15-12-10-9(3)11(14(18)19-4)20-13(10)17-7-16-12/h7-8H,5-6H2,1-4H3,(H,15,16,17). The quantitative estimate of drug-likeness (QED) is 0.857. The van der Waals surface area contributed by atoms with Gasteiger partial charge in [-0.2, -0.15) is 0 Å². The number of anilines is 1. The lowest BCUT2D eigenvalue weighted by atomic mass is 10.1. The molecule has 0 saturated heterocycles. The van der Waals surface area contributed by atoms with E-state index in [-0.39, 0.29) is 5.97 Å². The predicted molar refractivity (Wildman–Crippen MR) is 81.4 cm³/mol. The van der Waals surface area contributed by atoms with Crippen LogP contribution in [0.25, 0.3) is 10.2 Å². The molecular formula is C14H19N3O2S. The molecule has 6 heteroatoms. The summed E-state index contributed by atoms with van der Waals surface area (Å²) in [6.07, 6.45) is 2.59. The van der Waals surface area contributed by atoms with Gasteiger partial charge in [0, 0.05) is 6.54 Å². The highest BCUT2D eigenvalue weighted by Gasteiger charge is 2.19. The van der Waals surface area contributed by atoms with Gasteiger partial charge >= 0.3 is 5.97 Å². The lowest BCUT2D eigenvalue weighted by Gasteiger charge is -2.08. The molecular weight excluding hydrogens is 274 g/mol. The van der Waals surface area contributed by atoms with Crippen LogP contribution in [-0.2, 0) is 4.74 Å². The summed E-state index contributed by atoms with van der Waals surface area (Å²) in [4.78, 5) is 21.7. The molecule has 20 heavy (non-hydrogen) atoms. The number of thiophene rings is 1. The van der Waals surface area contributed by atoms with Crippen LogP contribution in [0.3, 0.4) is 0 Å². The van der Waals surface area contributed by atoms with Gasteiger partial charge in [0.25, 0.3) is 0 Å². The van der Waals surface area contributed by atoms with Gasteiger partial charge in [-0.15, -0.1) is 11.3 Å². The van der Waals surface area contributed by atoms with Crippen molar-refractivity contribution in [3.63, 3.8) is 0 Å². The minimum atomic E-state index is -0.321. The number of rotatable bonds is 5. The summed E-state index contributed by atoms with van der Waals surface area (Å²) in [6, 6.07) is 0. The summed E-state index contributed by atoms with van der Waals surface area (Å²) < 4.78 is 4.80. The fourth-order valence-corrected chi connectivity index (χ4v) is 3.04. The molecule has 2 aromatic rings. The van der Waals surface area contributed by atoms with Crippen molar-refractivity contribution in [2.24, 2.45) is 5.92 Å². The zero-order chi connectivity index (χ0) is 14.7. The highest BCUT2D eigenvalue weighted by Crippen LogP contribution is 2.33. The smallest absolute Gasteiger partial charge is 0.348 e. The maximum absolute atomic E-state index is 11.7. The molecule has 2 aromatic heterocycles. The molecule has 5 nitrogen and oxygen atoms in total. The third kappa shape index (κ3) is 2.90. The first kappa shape index (κ1) is 14.7. The molecule has 0 aliphatic rings. The Bertz CT molecular complexity index is 622. The summed E-state index contributed by atoms with van der Waals surface area (Å²) in [7, 11) is 1.39. The molecule has 0 aliphatic heterocycles. The van der Waals surface area contributed by atoms with Crippen molar-refractivity contribution < 1.29 is 9.53 Å². The molecule has 108 valence electrons. The minimum absolute atomic E-state index is 0.321. The lowest BCUT2D eigenvalue weighted by molar-refractivity contribution is 0.0605. The second kappa shape index (κ2) is 6.17. The second-order valence-corrected chi connectivity index (χ2v) is 6.06. The molecule has 1 N–H and O–H groups in total. The van der Waals surface area contributed by atoms with Crippen molar-refractivity contribution in [3.8, 4) is 0 Å². The Morgan fingerprint density at radius 3 is 2.85 bits per heavy atom. The Kier molecular flexibility index (Phi) is 4.54. The van der Waals surface area contributed by atoms with E-state index in [1.165, 1.54) is 24.8 Å². The zero-order valence-electron chi connectivity index (χ0n) is 12.2. The van der Waals surface area contributed by atoms with E-state index in [2.05, 4.69) is 29.1 Å². The van der Waals surface area contributed by atoms with Crippen molar-refractivity contribution in [2.75, 3.05) is 19.0 Å². The molecule has 0 aliphatic carbocycles. The van der Waals surface area contributed by atoms with Crippen molar-refractivity contribution >= 4 is 33.3 Å². The van der Waals surface area contributed by atoms with Gasteiger partial charge in [0.2, 0.25) is 0 Å². The predicted octanol–water partition coefficient (Wildman–Crippen LogP) is 3.24. The number of methoxy groups -OCH3 is 1. The first-order valence-corrected chi connectivity index (χ1v) is 7.42. The number of aromatic nitrogens is 2. The van der Waals surface area contributed by atoms with Gasteiger partial charge in [0.15, 0.2) is 0 Å². The molecule has 0 bridgehead atoms. The van der Waals surface area contributed by atoms with Crippen LogP contribution >= 0.6 is 11.3 Å². The molecule has 0 fully saturated rings. The minimum Gasteiger partial charge on any atom is -0.465 e. The number of esters is 1. The van der Waals surface area contributed by atoms with E-state index in [1.807, 2.05) is 6.92 Å². The van der Waals surface area contributed by atoms with Crippen molar-refractivity contribution in [1.29, 1.82) is 0 Å². The van der Waals surface area contributed by atoms with Gasteiger partial charge in [-0.3, -0.25) is 0 Å². The molecule has 0 amide bonds. The van der Waals surface area contributed by atoms with Gasteiger partial charge < -0.3 is 10.1 Å². The molecule has 0 atom stereocenters. The Morgan fingerprint density at radius 2 is 2.20 bits per heavy atom. The first-order chi connectivity index (χ1) is 9.54. The van der Waals surface area contributed by atoms with Gasteiger partial charge in [-0.05, 0) is 24.8 Å². The van der Waals surface area contributed by atoms with E-state index >= 15 is 0 Å². The third-order valence-electron chi connectivity index (χ3n) is 3.11. The average Bonchev–Trinajstić information content (AvgIpc) is 2.76. The number of nitrogens with one attached hydrogen (secondary N) is 1. The van der Waals surface area contributed by atoms with Crippen molar-refractivity contribution in [2.45, 2.75) is 27.2 Å². The first-order valence-electron chi connectivity index (χ1n) is 6.60. The van der Waals surface area contributed by atoms with Crippen LogP contribution < -0.4 is 5.32 Å². The van der Waals surface area contributed by atoms with E-state index < -0.39 is 0 Å². The fourth-order valence-electron chi connectivity index (χ4n) is 1.97. The molecule has 0 aromatic carbocycles. The largest absolute Gasteiger partial charge is 0.465 e. The summed E-state index contributed by atoms with van der Waals surface area (Å²) in [5.74, 6) is 1.10. The summed E-state index contributed by atoms with van der Waals surface area (Å²) in [5, 5.41) is 4.25. The summed E-state index contributed by atoms with van der Waals surface area (Å²) in [6.45, 7) is 7.12. The number of nitrogens with zero attached hydrogens (tertiary/aromatic N) is 2. The normalized spacial score (nSPS) is 11.1. The Balaban J connectivity index is 2.36. The number of carbonyl (C=O) groups excluding carboxylic acids is 1. The molecule has 0 saturated carbocycles. The maximum Gasteiger partial charge on any atom is 0.348 e. The van der Waals surface area contributed by atoms with Gasteiger partial charge in [0.05, 0.1) is 12.5 Å². The number of hydrogen-bond acceptors (Lipinski definition) is 6. The Labute approximate surface area is 122 Å². The van der Waals surface area contributed by atoms with Gasteiger partial charge in [-0.1, -0.05) is 13.8 Å². The van der Waals surface area contributed by atoms with E-state index in [9.17, 15) is 4.79 Å². The lowest BCUT2D eigenvalue weighted by Crippen LogP contribution is -2.07. The third-order valence-corrected chi connectivity index (χ3v) is 4.29. The van der Waals surface area contributed by atoms with E-state index in [4.69, 9.17) is 4.74 Å².